The molecule has 1 fully saturated rings. The van der Waals surface area contributed by atoms with Gasteiger partial charge in [0.05, 0.1) is 33.9 Å². The van der Waals surface area contributed by atoms with Gasteiger partial charge in [-0.3, -0.25) is 14.5 Å². The first kappa shape index (κ1) is 28.1. The van der Waals surface area contributed by atoms with Crippen LogP contribution in [-0.2, 0) is 27.3 Å². The zero-order valence-electron chi connectivity index (χ0n) is 22.7. The van der Waals surface area contributed by atoms with Crippen LogP contribution in [0, 0.1) is 0 Å². The van der Waals surface area contributed by atoms with Crippen LogP contribution in [0.1, 0.15) is 22.7 Å². The van der Waals surface area contributed by atoms with Crippen LogP contribution in [-0.4, -0.2) is 75.2 Å². The lowest BCUT2D eigenvalue weighted by Crippen LogP contribution is -2.46. The van der Waals surface area contributed by atoms with Gasteiger partial charge in [-0.15, -0.1) is 0 Å². The van der Waals surface area contributed by atoms with Crippen LogP contribution < -0.4 is 14.8 Å². The maximum Gasteiger partial charge on any atom is 0.247 e. The number of nitrogens with zero attached hydrogens (tertiary/aromatic N) is 2. The molecule has 3 aromatic carbocycles. The van der Waals surface area contributed by atoms with Crippen molar-refractivity contribution in [3.8, 4) is 11.5 Å². The summed E-state index contributed by atoms with van der Waals surface area (Å²) in [7, 11) is 3.14. The maximum absolute atomic E-state index is 14.0. The highest BCUT2D eigenvalue weighted by atomic mass is 16.5. The molecule has 1 saturated heterocycles. The van der Waals surface area contributed by atoms with E-state index >= 15 is 0 Å². The van der Waals surface area contributed by atoms with Crippen molar-refractivity contribution in [2.75, 3.05) is 53.6 Å². The first-order valence-corrected chi connectivity index (χ1v) is 13.3. The average Bonchev–Trinajstić information content (AvgIpc) is 2.98. The van der Waals surface area contributed by atoms with Gasteiger partial charge >= 0.3 is 0 Å². The van der Waals surface area contributed by atoms with E-state index in [4.69, 9.17) is 14.2 Å². The summed E-state index contributed by atoms with van der Waals surface area (Å²) in [6.07, 6.45) is 0.109. The van der Waals surface area contributed by atoms with Crippen molar-refractivity contribution in [3.63, 3.8) is 0 Å². The molecule has 1 aliphatic rings. The number of hydrogen-bond acceptors (Lipinski definition) is 6. The molecule has 1 heterocycles. The van der Waals surface area contributed by atoms with Gasteiger partial charge in [-0.05, 0) is 28.8 Å². The Morgan fingerprint density at radius 1 is 0.897 bits per heavy atom. The van der Waals surface area contributed by atoms with Crippen molar-refractivity contribution in [3.05, 3.63) is 95.6 Å². The standard InChI is InChI=1S/C31H37N3O5/c1-37-27-14-13-25(21-28(27)38-2)22-29(35)34(23-24-9-5-3-6-10-24)30(26-11-7-4-8-12-26)31(36)32-15-16-33-17-19-39-20-18-33/h3-14,21,30H,15-20,22-23H2,1-2H3,(H,32,36). The number of hydrogen-bond donors (Lipinski definition) is 1. The van der Waals surface area contributed by atoms with Crippen LogP contribution in [0.15, 0.2) is 78.9 Å². The predicted octanol–water partition coefficient (Wildman–Crippen LogP) is 3.46. The molecule has 3 aromatic rings. The minimum atomic E-state index is -0.788. The second-order valence-electron chi connectivity index (χ2n) is 9.43. The zero-order chi connectivity index (χ0) is 27.5. The van der Waals surface area contributed by atoms with Gasteiger partial charge in [0, 0.05) is 32.7 Å². The molecule has 0 aromatic heterocycles. The minimum Gasteiger partial charge on any atom is -0.493 e. The number of methoxy groups -OCH3 is 2. The SMILES string of the molecule is COc1ccc(CC(=O)N(Cc2ccccc2)C(C(=O)NCCN2CCOCC2)c2ccccc2)cc1OC. The van der Waals surface area contributed by atoms with Gasteiger partial charge in [-0.2, -0.15) is 0 Å². The third-order valence-corrected chi connectivity index (χ3v) is 6.83. The Kier molecular flexibility index (Phi) is 10.3. The van der Waals surface area contributed by atoms with E-state index in [0.29, 0.717) is 37.8 Å². The van der Waals surface area contributed by atoms with Crippen LogP contribution in [0.4, 0.5) is 0 Å². The molecule has 0 spiro atoms. The van der Waals surface area contributed by atoms with Crippen molar-refractivity contribution in [2.45, 2.75) is 19.0 Å². The van der Waals surface area contributed by atoms with Gasteiger partial charge in [0.15, 0.2) is 11.5 Å². The van der Waals surface area contributed by atoms with Gasteiger partial charge in [0.25, 0.3) is 0 Å². The lowest BCUT2D eigenvalue weighted by atomic mass is 10.0. The highest BCUT2D eigenvalue weighted by Crippen LogP contribution is 2.29. The lowest BCUT2D eigenvalue weighted by Gasteiger charge is -2.32. The van der Waals surface area contributed by atoms with E-state index in [9.17, 15) is 9.59 Å². The fourth-order valence-corrected chi connectivity index (χ4v) is 4.74. The predicted molar refractivity (Wildman–Crippen MR) is 150 cm³/mol. The summed E-state index contributed by atoms with van der Waals surface area (Å²) in [5.41, 5.74) is 2.48. The fourth-order valence-electron chi connectivity index (χ4n) is 4.74. The normalized spacial score (nSPS) is 14.3. The van der Waals surface area contributed by atoms with Gasteiger partial charge in [0.1, 0.15) is 6.04 Å². The molecular formula is C31H37N3O5. The summed E-state index contributed by atoms with van der Waals surface area (Å²) in [6, 6.07) is 23.9. The summed E-state index contributed by atoms with van der Waals surface area (Å²) >= 11 is 0. The van der Waals surface area contributed by atoms with Crippen molar-refractivity contribution in [1.29, 1.82) is 0 Å². The Balaban J connectivity index is 1.60. The summed E-state index contributed by atoms with van der Waals surface area (Å²) in [4.78, 5) is 31.7. The third kappa shape index (κ3) is 7.81. The van der Waals surface area contributed by atoms with Crippen molar-refractivity contribution >= 4 is 11.8 Å². The zero-order valence-corrected chi connectivity index (χ0v) is 22.7. The largest absolute Gasteiger partial charge is 0.493 e. The molecular weight excluding hydrogens is 494 g/mol. The van der Waals surface area contributed by atoms with E-state index in [1.807, 2.05) is 66.7 Å². The highest BCUT2D eigenvalue weighted by molar-refractivity contribution is 5.89. The first-order chi connectivity index (χ1) is 19.1. The molecule has 0 radical (unpaired) electrons. The molecule has 0 aliphatic carbocycles. The molecule has 2 amide bonds. The third-order valence-electron chi connectivity index (χ3n) is 6.83. The van der Waals surface area contributed by atoms with Crippen LogP contribution in [0.25, 0.3) is 0 Å². The quantitative estimate of drug-likeness (QED) is 0.386. The molecule has 39 heavy (non-hydrogen) atoms. The Morgan fingerprint density at radius 3 is 2.23 bits per heavy atom. The number of morpholine rings is 1. The van der Waals surface area contributed by atoms with Crippen LogP contribution in [0.3, 0.4) is 0 Å². The van der Waals surface area contributed by atoms with Gasteiger partial charge in [-0.1, -0.05) is 66.7 Å². The number of nitrogens with one attached hydrogen (secondary N) is 1. The topological polar surface area (TPSA) is 80.3 Å². The Labute approximate surface area is 230 Å². The fraction of sp³-hybridized carbons (Fsp3) is 0.355. The van der Waals surface area contributed by atoms with Gasteiger partial charge in [0.2, 0.25) is 11.8 Å². The number of benzene rings is 3. The molecule has 1 aliphatic heterocycles. The number of carbonyl (C=O) groups is 2. The van der Waals surface area contributed by atoms with E-state index in [2.05, 4.69) is 10.2 Å². The molecule has 8 heteroatoms. The summed E-state index contributed by atoms with van der Waals surface area (Å²) in [6.45, 7) is 4.62. The highest BCUT2D eigenvalue weighted by Gasteiger charge is 2.31. The molecule has 1 N–H and O–H groups in total. The van der Waals surface area contributed by atoms with Crippen molar-refractivity contribution < 1.29 is 23.8 Å². The van der Waals surface area contributed by atoms with E-state index in [1.165, 1.54) is 0 Å². The van der Waals surface area contributed by atoms with E-state index < -0.39 is 6.04 Å². The summed E-state index contributed by atoms with van der Waals surface area (Å²) < 4.78 is 16.2. The molecule has 8 nitrogen and oxygen atoms in total. The molecule has 1 atom stereocenters. The van der Waals surface area contributed by atoms with Crippen LogP contribution in [0.2, 0.25) is 0 Å². The van der Waals surface area contributed by atoms with Crippen molar-refractivity contribution in [1.82, 2.24) is 15.1 Å². The number of ether oxygens (including phenoxy) is 3. The molecule has 1 unspecified atom stereocenters. The Morgan fingerprint density at radius 2 is 1.56 bits per heavy atom. The van der Waals surface area contributed by atoms with E-state index in [0.717, 1.165) is 36.3 Å². The molecule has 4 rings (SSSR count). The second kappa shape index (κ2) is 14.3. The first-order valence-electron chi connectivity index (χ1n) is 13.3. The lowest BCUT2D eigenvalue weighted by molar-refractivity contribution is -0.141. The molecule has 0 bridgehead atoms. The summed E-state index contributed by atoms with van der Waals surface area (Å²) in [5, 5.41) is 3.10. The van der Waals surface area contributed by atoms with Crippen molar-refractivity contribution in [2.24, 2.45) is 0 Å². The number of rotatable bonds is 12. The minimum absolute atomic E-state index is 0.109. The monoisotopic (exact) mass is 531 g/mol. The molecule has 206 valence electrons. The van der Waals surface area contributed by atoms with E-state index in [1.54, 1.807) is 31.3 Å². The molecule has 0 saturated carbocycles. The van der Waals surface area contributed by atoms with Crippen LogP contribution in [0.5, 0.6) is 11.5 Å². The second-order valence-corrected chi connectivity index (χ2v) is 9.43. The summed E-state index contributed by atoms with van der Waals surface area (Å²) in [5.74, 6) is 0.781. The maximum atomic E-state index is 14.0. The number of carbonyl (C=O) groups excluding carboxylic acids is 2. The smallest absolute Gasteiger partial charge is 0.247 e. The van der Waals surface area contributed by atoms with Crippen LogP contribution >= 0.6 is 0 Å². The Bertz CT molecular complexity index is 1200. The average molecular weight is 532 g/mol. The van der Waals surface area contributed by atoms with E-state index in [-0.39, 0.29) is 18.2 Å². The Hall–Kier alpha value is -3.88. The number of amides is 2. The van der Waals surface area contributed by atoms with Gasteiger partial charge in [-0.25, -0.2) is 0 Å². The van der Waals surface area contributed by atoms with Gasteiger partial charge < -0.3 is 24.4 Å².